The zero-order valence-electron chi connectivity index (χ0n) is 14.2. The summed E-state index contributed by atoms with van der Waals surface area (Å²) in [6.45, 7) is 3.57. The normalized spacial score (nSPS) is 12.0. The van der Waals surface area contributed by atoms with E-state index >= 15 is 0 Å². The molecule has 7 nitrogen and oxygen atoms in total. The molecule has 1 aromatic heterocycles. The standard InChI is InChI=1S/C18H22N4O3/c1-2-3-4-8-19-17(23)14-7-9-20-18(22-14)21-11-13-5-6-15-16(10-13)25-12-24-15/h5-7,9-10H,2-4,8,11-12H2,1H3,(H,19,23)(H,20,21,22). The van der Waals surface area contributed by atoms with Crippen molar-refractivity contribution in [3.63, 3.8) is 0 Å². The molecule has 132 valence electrons. The smallest absolute Gasteiger partial charge is 0.270 e. The van der Waals surface area contributed by atoms with Gasteiger partial charge in [0.05, 0.1) is 0 Å². The maximum atomic E-state index is 12.1. The van der Waals surface area contributed by atoms with Crippen molar-refractivity contribution in [1.29, 1.82) is 0 Å². The Kier molecular flexibility index (Phi) is 5.66. The average Bonchev–Trinajstić information content (AvgIpc) is 3.11. The fourth-order valence-electron chi connectivity index (χ4n) is 2.47. The third-order valence-electron chi connectivity index (χ3n) is 3.84. The summed E-state index contributed by atoms with van der Waals surface area (Å²) in [5, 5.41) is 6.00. The Morgan fingerprint density at radius 2 is 2.08 bits per heavy atom. The van der Waals surface area contributed by atoms with Crippen LogP contribution in [0.15, 0.2) is 30.5 Å². The van der Waals surface area contributed by atoms with Gasteiger partial charge in [0.15, 0.2) is 11.5 Å². The van der Waals surface area contributed by atoms with E-state index < -0.39 is 0 Å². The highest BCUT2D eigenvalue weighted by molar-refractivity contribution is 5.92. The Balaban J connectivity index is 1.55. The SMILES string of the molecule is CCCCCNC(=O)c1ccnc(NCc2ccc3c(c2)OCO3)n1. The van der Waals surface area contributed by atoms with Crippen molar-refractivity contribution in [1.82, 2.24) is 15.3 Å². The number of anilines is 1. The summed E-state index contributed by atoms with van der Waals surface area (Å²) in [7, 11) is 0. The Morgan fingerprint density at radius 3 is 2.96 bits per heavy atom. The molecule has 2 N–H and O–H groups in total. The summed E-state index contributed by atoms with van der Waals surface area (Å²) < 4.78 is 10.7. The van der Waals surface area contributed by atoms with Gasteiger partial charge in [0, 0.05) is 19.3 Å². The van der Waals surface area contributed by atoms with Crippen molar-refractivity contribution in [3.8, 4) is 11.5 Å². The Hall–Kier alpha value is -2.83. The molecule has 1 aromatic carbocycles. The Morgan fingerprint density at radius 1 is 1.20 bits per heavy atom. The van der Waals surface area contributed by atoms with Crippen molar-refractivity contribution in [2.24, 2.45) is 0 Å². The van der Waals surface area contributed by atoms with Gasteiger partial charge in [0.1, 0.15) is 5.69 Å². The maximum absolute atomic E-state index is 12.1. The lowest BCUT2D eigenvalue weighted by Gasteiger charge is -2.08. The molecule has 0 atom stereocenters. The first-order valence-corrected chi connectivity index (χ1v) is 8.50. The van der Waals surface area contributed by atoms with Crippen molar-refractivity contribution < 1.29 is 14.3 Å². The van der Waals surface area contributed by atoms with E-state index in [1.807, 2.05) is 18.2 Å². The van der Waals surface area contributed by atoms with E-state index in [1.54, 1.807) is 12.3 Å². The largest absolute Gasteiger partial charge is 0.454 e. The molecule has 1 aliphatic rings. The molecule has 2 aromatic rings. The first-order chi connectivity index (χ1) is 12.3. The first-order valence-electron chi connectivity index (χ1n) is 8.50. The molecule has 7 heteroatoms. The summed E-state index contributed by atoms with van der Waals surface area (Å²) >= 11 is 0. The molecule has 0 saturated carbocycles. The summed E-state index contributed by atoms with van der Waals surface area (Å²) in [6.07, 6.45) is 4.78. The minimum Gasteiger partial charge on any atom is -0.454 e. The fourth-order valence-corrected chi connectivity index (χ4v) is 2.47. The maximum Gasteiger partial charge on any atom is 0.270 e. The predicted molar refractivity (Wildman–Crippen MR) is 93.8 cm³/mol. The van der Waals surface area contributed by atoms with Crippen molar-refractivity contribution in [2.45, 2.75) is 32.7 Å². The summed E-state index contributed by atoms with van der Waals surface area (Å²) in [4.78, 5) is 20.5. The van der Waals surface area contributed by atoms with Crippen molar-refractivity contribution in [2.75, 3.05) is 18.7 Å². The highest BCUT2D eigenvalue weighted by Gasteiger charge is 2.13. The number of fused-ring (bicyclic) bond motifs is 1. The number of hydrogen-bond donors (Lipinski definition) is 2. The van der Waals surface area contributed by atoms with Gasteiger partial charge in [0.25, 0.3) is 5.91 Å². The molecule has 0 radical (unpaired) electrons. The molecular weight excluding hydrogens is 320 g/mol. The lowest BCUT2D eigenvalue weighted by atomic mass is 10.2. The molecule has 25 heavy (non-hydrogen) atoms. The van der Waals surface area contributed by atoms with Gasteiger partial charge in [-0.25, -0.2) is 9.97 Å². The molecule has 0 aliphatic carbocycles. The second-order valence-electron chi connectivity index (χ2n) is 5.77. The number of unbranched alkanes of at least 4 members (excludes halogenated alkanes) is 2. The molecule has 0 fully saturated rings. The number of rotatable bonds is 8. The lowest BCUT2D eigenvalue weighted by Crippen LogP contribution is -2.25. The van der Waals surface area contributed by atoms with Crippen LogP contribution in [0.1, 0.15) is 42.2 Å². The molecule has 1 amide bonds. The zero-order valence-corrected chi connectivity index (χ0v) is 14.2. The third kappa shape index (κ3) is 4.59. The van der Waals surface area contributed by atoms with E-state index in [4.69, 9.17) is 9.47 Å². The van der Waals surface area contributed by atoms with Crippen LogP contribution in [0.5, 0.6) is 11.5 Å². The minimum absolute atomic E-state index is 0.176. The van der Waals surface area contributed by atoms with Gasteiger partial charge in [-0.15, -0.1) is 0 Å². The minimum atomic E-state index is -0.176. The van der Waals surface area contributed by atoms with E-state index in [1.165, 1.54) is 0 Å². The van der Waals surface area contributed by atoms with Crippen LogP contribution in [-0.2, 0) is 6.54 Å². The van der Waals surface area contributed by atoms with Crippen LogP contribution in [0.4, 0.5) is 5.95 Å². The molecule has 3 rings (SSSR count). The van der Waals surface area contributed by atoms with Gasteiger partial charge >= 0.3 is 0 Å². The van der Waals surface area contributed by atoms with Gasteiger partial charge in [-0.2, -0.15) is 0 Å². The number of aromatic nitrogens is 2. The first kappa shape index (κ1) is 17.0. The molecule has 0 unspecified atom stereocenters. The molecule has 0 bridgehead atoms. The van der Waals surface area contributed by atoms with Crippen molar-refractivity contribution in [3.05, 3.63) is 41.7 Å². The molecule has 2 heterocycles. The second-order valence-corrected chi connectivity index (χ2v) is 5.77. The highest BCUT2D eigenvalue weighted by atomic mass is 16.7. The average molecular weight is 342 g/mol. The number of nitrogens with zero attached hydrogens (tertiary/aromatic N) is 2. The lowest BCUT2D eigenvalue weighted by molar-refractivity contribution is 0.0948. The monoisotopic (exact) mass is 342 g/mol. The van der Waals surface area contributed by atoms with E-state index in [9.17, 15) is 4.79 Å². The van der Waals surface area contributed by atoms with Crippen LogP contribution in [-0.4, -0.2) is 29.2 Å². The topological polar surface area (TPSA) is 85.4 Å². The van der Waals surface area contributed by atoms with Crippen LogP contribution < -0.4 is 20.1 Å². The van der Waals surface area contributed by atoms with Gasteiger partial charge in [0.2, 0.25) is 12.7 Å². The Labute approximate surface area is 146 Å². The van der Waals surface area contributed by atoms with Gasteiger partial charge < -0.3 is 20.1 Å². The van der Waals surface area contributed by atoms with Gasteiger partial charge in [-0.3, -0.25) is 4.79 Å². The van der Waals surface area contributed by atoms with Gasteiger partial charge in [-0.1, -0.05) is 25.8 Å². The molecule has 0 spiro atoms. The zero-order chi connectivity index (χ0) is 17.5. The number of nitrogens with one attached hydrogen (secondary N) is 2. The summed E-state index contributed by atoms with van der Waals surface area (Å²) in [6, 6.07) is 7.35. The number of carbonyl (C=O) groups excluding carboxylic acids is 1. The summed E-state index contributed by atoms with van der Waals surface area (Å²) in [5.74, 6) is 1.73. The van der Waals surface area contributed by atoms with Crippen molar-refractivity contribution >= 4 is 11.9 Å². The number of benzene rings is 1. The quantitative estimate of drug-likeness (QED) is 0.718. The molecule has 0 saturated heterocycles. The van der Waals surface area contributed by atoms with E-state index in [0.29, 0.717) is 24.7 Å². The second kappa shape index (κ2) is 8.32. The van der Waals surface area contributed by atoms with Gasteiger partial charge in [-0.05, 0) is 30.2 Å². The number of carbonyl (C=O) groups is 1. The van der Waals surface area contributed by atoms with E-state index in [0.717, 1.165) is 36.3 Å². The van der Waals surface area contributed by atoms with E-state index in [-0.39, 0.29) is 12.7 Å². The van der Waals surface area contributed by atoms with Crippen LogP contribution in [0, 0.1) is 0 Å². The molecular formula is C18H22N4O3. The highest BCUT2D eigenvalue weighted by Crippen LogP contribution is 2.32. The predicted octanol–water partition coefficient (Wildman–Crippen LogP) is 2.74. The van der Waals surface area contributed by atoms with Crippen LogP contribution in [0.25, 0.3) is 0 Å². The van der Waals surface area contributed by atoms with E-state index in [2.05, 4.69) is 27.5 Å². The van der Waals surface area contributed by atoms with Crippen LogP contribution in [0.2, 0.25) is 0 Å². The number of hydrogen-bond acceptors (Lipinski definition) is 6. The Bertz CT molecular complexity index is 736. The summed E-state index contributed by atoms with van der Waals surface area (Å²) in [5.41, 5.74) is 1.38. The fraction of sp³-hybridized carbons (Fsp3) is 0.389. The number of amides is 1. The van der Waals surface area contributed by atoms with Crippen LogP contribution >= 0.6 is 0 Å². The molecule has 1 aliphatic heterocycles. The number of ether oxygens (including phenoxy) is 2. The third-order valence-corrected chi connectivity index (χ3v) is 3.84. The van der Waals surface area contributed by atoms with Crippen LogP contribution in [0.3, 0.4) is 0 Å².